The van der Waals surface area contributed by atoms with E-state index in [9.17, 15) is 5.11 Å². The first-order chi connectivity index (χ1) is 10.1. The molecule has 0 amide bonds. The van der Waals surface area contributed by atoms with E-state index in [4.69, 9.17) is 0 Å². The van der Waals surface area contributed by atoms with Gasteiger partial charge >= 0.3 is 0 Å². The Morgan fingerprint density at radius 3 is 2.86 bits per heavy atom. The van der Waals surface area contributed by atoms with E-state index in [1.807, 2.05) is 23.9 Å². The van der Waals surface area contributed by atoms with Gasteiger partial charge in [-0.15, -0.1) is 0 Å². The van der Waals surface area contributed by atoms with E-state index in [-0.39, 0.29) is 0 Å². The molecule has 1 aliphatic heterocycles. The number of rotatable bonds is 3. The Morgan fingerprint density at radius 2 is 2.05 bits per heavy atom. The number of fused-ring (bicyclic) bond motifs is 1. The number of nitrogens with zero attached hydrogens (tertiary/aromatic N) is 3. The van der Waals surface area contributed by atoms with Gasteiger partial charge in [0, 0.05) is 25.4 Å². The normalized spacial score (nSPS) is 24.3. The zero-order valence-corrected chi connectivity index (χ0v) is 13.0. The fourth-order valence-corrected chi connectivity index (χ4v) is 3.46. The summed E-state index contributed by atoms with van der Waals surface area (Å²) in [6, 6.07) is 8.27. The number of aryl methyl sites for hydroxylation is 1. The van der Waals surface area contributed by atoms with Crippen molar-refractivity contribution in [2.75, 3.05) is 19.6 Å². The van der Waals surface area contributed by atoms with Gasteiger partial charge in [-0.2, -0.15) is 5.10 Å². The molecule has 0 bridgehead atoms. The van der Waals surface area contributed by atoms with Crippen LogP contribution in [0.4, 0.5) is 0 Å². The molecule has 114 valence electrons. The molecule has 4 nitrogen and oxygen atoms in total. The van der Waals surface area contributed by atoms with Gasteiger partial charge in [0.15, 0.2) is 0 Å². The number of hydrogen-bond donors (Lipinski definition) is 1. The molecule has 1 atom stereocenters. The molecule has 0 radical (unpaired) electrons. The van der Waals surface area contributed by atoms with Crippen LogP contribution in [0.3, 0.4) is 0 Å². The lowest BCUT2D eigenvalue weighted by Gasteiger charge is -2.26. The Bertz CT molecular complexity index is 622. The van der Waals surface area contributed by atoms with E-state index in [0.29, 0.717) is 6.42 Å². The second-order valence-corrected chi connectivity index (χ2v) is 6.28. The summed E-state index contributed by atoms with van der Waals surface area (Å²) in [6.07, 6.45) is 3.43. The highest BCUT2D eigenvalue weighted by Gasteiger charge is 2.31. The van der Waals surface area contributed by atoms with Crippen LogP contribution >= 0.6 is 0 Å². The summed E-state index contributed by atoms with van der Waals surface area (Å²) >= 11 is 0. The number of benzene rings is 1. The third kappa shape index (κ3) is 2.97. The molecule has 21 heavy (non-hydrogen) atoms. The van der Waals surface area contributed by atoms with Crippen molar-refractivity contribution in [2.24, 2.45) is 7.05 Å². The van der Waals surface area contributed by atoms with Crippen LogP contribution in [-0.2, 0) is 13.5 Å². The lowest BCUT2D eigenvalue weighted by Crippen LogP contribution is -2.33. The van der Waals surface area contributed by atoms with Crippen LogP contribution < -0.4 is 0 Å². The van der Waals surface area contributed by atoms with E-state index in [2.05, 4.69) is 29.1 Å². The molecule has 1 aromatic carbocycles. The molecular formula is C17H25N3O. The second-order valence-electron chi connectivity index (χ2n) is 6.28. The van der Waals surface area contributed by atoms with Crippen LogP contribution in [0, 0.1) is 0 Å². The Labute approximate surface area is 126 Å². The molecule has 1 unspecified atom stereocenters. The molecule has 1 fully saturated rings. The minimum absolute atomic E-state index is 0.610. The average Bonchev–Trinajstić information content (AvgIpc) is 2.67. The van der Waals surface area contributed by atoms with E-state index in [1.165, 1.54) is 5.39 Å². The second kappa shape index (κ2) is 5.78. The summed E-state index contributed by atoms with van der Waals surface area (Å²) in [7, 11) is 1.97. The van der Waals surface area contributed by atoms with Gasteiger partial charge in [0.05, 0.1) is 16.8 Å². The highest BCUT2D eigenvalue weighted by molar-refractivity contribution is 5.81. The summed E-state index contributed by atoms with van der Waals surface area (Å²) < 4.78 is 1.92. The van der Waals surface area contributed by atoms with Crippen LogP contribution in [0.1, 0.15) is 31.9 Å². The Morgan fingerprint density at radius 1 is 1.24 bits per heavy atom. The average molecular weight is 287 g/mol. The number of aliphatic hydroxyl groups is 1. The summed E-state index contributed by atoms with van der Waals surface area (Å²) in [4.78, 5) is 2.43. The van der Waals surface area contributed by atoms with Gasteiger partial charge in [0.1, 0.15) is 0 Å². The molecule has 1 aliphatic rings. The van der Waals surface area contributed by atoms with Crippen LogP contribution in [0.5, 0.6) is 0 Å². The van der Waals surface area contributed by atoms with E-state index >= 15 is 0 Å². The van der Waals surface area contributed by atoms with Gasteiger partial charge in [-0.1, -0.05) is 25.1 Å². The van der Waals surface area contributed by atoms with Crippen molar-refractivity contribution in [1.29, 1.82) is 0 Å². The lowest BCUT2D eigenvalue weighted by molar-refractivity contribution is 0.0251. The van der Waals surface area contributed by atoms with Gasteiger partial charge in [0.2, 0.25) is 0 Å². The van der Waals surface area contributed by atoms with E-state index in [0.717, 1.165) is 50.1 Å². The molecule has 1 aromatic heterocycles. The number of aromatic nitrogens is 2. The van der Waals surface area contributed by atoms with Crippen molar-refractivity contribution >= 4 is 10.9 Å². The summed E-state index contributed by atoms with van der Waals surface area (Å²) in [6.45, 7) is 5.35. The maximum atomic E-state index is 11.0. The van der Waals surface area contributed by atoms with Crippen LogP contribution in [-0.4, -0.2) is 45.0 Å². The summed E-state index contributed by atoms with van der Waals surface area (Å²) in [5.74, 6) is 0. The topological polar surface area (TPSA) is 41.3 Å². The molecule has 4 heteroatoms. The zero-order valence-electron chi connectivity index (χ0n) is 13.0. The molecule has 0 aliphatic carbocycles. The van der Waals surface area contributed by atoms with Crippen molar-refractivity contribution in [1.82, 2.24) is 14.7 Å². The predicted octanol–water partition coefficient (Wildman–Crippen LogP) is 2.35. The highest BCUT2D eigenvalue weighted by atomic mass is 16.3. The smallest absolute Gasteiger partial charge is 0.0731 e. The number of hydrogen-bond acceptors (Lipinski definition) is 3. The lowest BCUT2D eigenvalue weighted by atomic mass is 9.89. The van der Waals surface area contributed by atoms with Gasteiger partial charge in [-0.25, -0.2) is 0 Å². The third-order valence-corrected chi connectivity index (χ3v) is 4.79. The standard InChI is InChI=1S/C17H25N3O/c1-3-20-11-6-9-17(21,10-12-20)13-15-14-7-4-5-8-16(14)19(2)18-15/h4-5,7-8,21H,3,6,9-13H2,1-2H3. The minimum Gasteiger partial charge on any atom is -0.389 e. The molecular weight excluding hydrogens is 262 g/mol. The van der Waals surface area contributed by atoms with E-state index in [1.54, 1.807) is 0 Å². The Hall–Kier alpha value is -1.39. The highest BCUT2D eigenvalue weighted by Crippen LogP contribution is 2.29. The van der Waals surface area contributed by atoms with Crippen LogP contribution in [0.25, 0.3) is 10.9 Å². The maximum absolute atomic E-state index is 11.0. The first kappa shape index (κ1) is 14.5. The fourth-order valence-electron chi connectivity index (χ4n) is 3.46. The first-order valence-electron chi connectivity index (χ1n) is 7.97. The predicted molar refractivity (Wildman–Crippen MR) is 85.3 cm³/mol. The largest absolute Gasteiger partial charge is 0.389 e. The van der Waals surface area contributed by atoms with Gasteiger partial charge in [-0.05, 0) is 38.4 Å². The molecule has 0 spiro atoms. The first-order valence-corrected chi connectivity index (χ1v) is 7.97. The van der Waals surface area contributed by atoms with Gasteiger partial charge in [0.25, 0.3) is 0 Å². The molecule has 3 rings (SSSR count). The van der Waals surface area contributed by atoms with Crippen LogP contribution in [0.15, 0.2) is 24.3 Å². The van der Waals surface area contributed by atoms with Crippen molar-refractivity contribution in [3.63, 3.8) is 0 Å². The molecule has 1 saturated heterocycles. The summed E-state index contributed by atoms with van der Waals surface area (Å²) in [5.41, 5.74) is 1.56. The van der Waals surface area contributed by atoms with Crippen molar-refractivity contribution < 1.29 is 5.11 Å². The SMILES string of the molecule is CCN1CCCC(O)(Cc2nn(C)c3ccccc23)CC1. The molecule has 1 N–H and O–H groups in total. The monoisotopic (exact) mass is 287 g/mol. The molecule has 2 heterocycles. The van der Waals surface area contributed by atoms with Crippen molar-refractivity contribution in [3.05, 3.63) is 30.0 Å². The molecule has 0 saturated carbocycles. The maximum Gasteiger partial charge on any atom is 0.0731 e. The van der Waals surface area contributed by atoms with Crippen molar-refractivity contribution in [2.45, 2.75) is 38.2 Å². The minimum atomic E-state index is -0.610. The Balaban J connectivity index is 1.84. The third-order valence-electron chi connectivity index (χ3n) is 4.79. The summed E-state index contributed by atoms with van der Waals surface area (Å²) in [5, 5.41) is 16.8. The zero-order chi connectivity index (χ0) is 14.9. The Kier molecular flexibility index (Phi) is 4.00. The van der Waals surface area contributed by atoms with Crippen molar-refractivity contribution in [3.8, 4) is 0 Å². The number of para-hydroxylation sites is 1. The van der Waals surface area contributed by atoms with E-state index < -0.39 is 5.60 Å². The number of likely N-dealkylation sites (tertiary alicyclic amines) is 1. The molecule has 2 aromatic rings. The van der Waals surface area contributed by atoms with Crippen LogP contribution in [0.2, 0.25) is 0 Å². The fraction of sp³-hybridized carbons (Fsp3) is 0.588. The quantitative estimate of drug-likeness (QED) is 0.942. The van der Waals surface area contributed by atoms with Gasteiger partial charge < -0.3 is 10.0 Å². The van der Waals surface area contributed by atoms with Gasteiger partial charge in [-0.3, -0.25) is 4.68 Å².